The third-order valence-corrected chi connectivity index (χ3v) is 3.36. The van der Waals surface area contributed by atoms with Crippen LogP contribution in [-0.4, -0.2) is 20.1 Å². The molecule has 0 N–H and O–H groups in total. The average molecular weight is 308 g/mol. The fourth-order valence-electron chi connectivity index (χ4n) is 1.80. The Morgan fingerprint density at radius 3 is 2.62 bits per heavy atom. The Balaban J connectivity index is 2.10. The molecular formula is C16H15ClFNO2. The van der Waals surface area contributed by atoms with Gasteiger partial charge in [0.1, 0.15) is 12.4 Å². The lowest BCUT2D eigenvalue weighted by Crippen LogP contribution is -2.11. The van der Waals surface area contributed by atoms with Gasteiger partial charge in [0.2, 0.25) is 0 Å². The van der Waals surface area contributed by atoms with Crippen LogP contribution in [0.5, 0.6) is 0 Å². The molecule has 21 heavy (non-hydrogen) atoms. The Bertz CT molecular complexity index is 638. The van der Waals surface area contributed by atoms with E-state index in [0.29, 0.717) is 5.56 Å². The van der Waals surface area contributed by atoms with Crippen molar-refractivity contribution in [2.45, 2.75) is 6.61 Å². The molecule has 0 aromatic heterocycles. The highest BCUT2D eigenvalue weighted by Gasteiger charge is 2.12. The minimum absolute atomic E-state index is 0.177. The highest BCUT2D eigenvalue weighted by atomic mass is 35.5. The van der Waals surface area contributed by atoms with Gasteiger partial charge in [-0.05, 0) is 30.3 Å². The SMILES string of the molecule is CN(C)c1cccc(C(=O)OCc2c(F)cccc2Cl)c1. The maximum Gasteiger partial charge on any atom is 0.338 e. The molecule has 0 fully saturated rings. The monoisotopic (exact) mass is 307 g/mol. The maximum absolute atomic E-state index is 13.6. The van der Waals surface area contributed by atoms with Gasteiger partial charge in [-0.3, -0.25) is 0 Å². The van der Waals surface area contributed by atoms with Gasteiger partial charge < -0.3 is 9.64 Å². The van der Waals surface area contributed by atoms with Crippen LogP contribution in [0.15, 0.2) is 42.5 Å². The smallest absolute Gasteiger partial charge is 0.338 e. The van der Waals surface area contributed by atoms with Crippen molar-refractivity contribution in [1.82, 2.24) is 0 Å². The third kappa shape index (κ3) is 3.73. The predicted octanol–water partition coefficient (Wildman–Crippen LogP) is 3.90. The summed E-state index contributed by atoms with van der Waals surface area (Å²) in [4.78, 5) is 13.9. The largest absolute Gasteiger partial charge is 0.457 e. The van der Waals surface area contributed by atoms with Gasteiger partial charge in [0.25, 0.3) is 0 Å². The van der Waals surface area contributed by atoms with Crippen molar-refractivity contribution < 1.29 is 13.9 Å². The minimum Gasteiger partial charge on any atom is -0.457 e. The summed E-state index contributed by atoms with van der Waals surface area (Å²) >= 11 is 5.89. The molecule has 2 aromatic carbocycles. The van der Waals surface area contributed by atoms with Gasteiger partial charge in [-0.2, -0.15) is 0 Å². The lowest BCUT2D eigenvalue weighted by molar-refractivity contribution is 0.0469. The predicted molar refractivity (Wildman–Crippen MR) is 81.3 cm³/mol. The summed E-state index contributed by atoms with van der Waals surface area (Å²) in [7, 11) is 3.76. The highest BCUT2D eigenvalue weighted by Crippen LogP contribution is 2.21. The standard InChI is InChI=1S/C16H15ClFNO2/c1-19(2)12-6-3-5-11(9-12)16(20)21-10-13-14(17)7-4-8-15(13)18/h3-9H,10H2,1-2H3. The first-order valence-electron chi connectivity index (χ1n) is 6.36. The highest BCUT2D eigenvalue weighted by molar-refractivity contribution is 6.31. The van der Waals surface area contributed by atoms with Crippen LogP contribution in [0.3, 0.4) is 0 Å². The lowest BCUT2D eigenvalue weighted by Gasteiger charge is -2.13. The van der Waals surface area contributed by atoms with E-state index < -0.39 is 11.8 Å². The van der Waals surface area contributed by atoms with Crippen LogP contribution < -0.4 is 4.90 Å². The second-order valence-electron chi connectivity index (χ2n) is 4.72. The Morgan fingerprint density at radius 2 is 1.95 bits per heavy atom. The fourth-order valence-corrected chi connectivity index (χ4v) is 2.02. The number of ether oxygens (including phenoxy) is 1. The van der Waals surface area contributed by atoms with Gasteiger partial charge in [-0.1, -0.05) is 23.7 Å². The summed E-state index contributed by atoms with van der Waals surface area (Å²) in [5, 5.41) is 0.241. The number of carbonyl (C=O) groups excluding carboxylic acids is 1. The fraction of sp³-hybridized carbons (Fsp3) is 0.188. The number of esters is 1. The van der Waals surface area contributed by atoms with Gasteiger partial charge in [0.15, 0.2) is 0 Å². The second kappa shape index (κ2) is 6.59. The van der Waals surface area contributed by atoms with E-state index in [1.807, 2.05) is 25.1 Å². The molecule has 110 valence electrons. The zero-order valence-electron chi connectivity index (χ0n) is 11.8. The molecule has 0 bridgehead atoms. The quantitative estimate of drug-likeness (QED) is 0.802. The Hall–Kier alpha value is -2.07. The Labute approximate surface area is 127 Å². The topological polar surface area (TPSA) is 29.5 Å². The van der Waals surface area contributed by atoms with E-state index >= 15 is 0 Å². The van der Waals surface area contributed by atoms with E-state index in [-0.39, 0.29) is 17.2 Å². The average Bonchev–Trinajstić information content (AvgIpc) is 2.46. The van der Waals surface area contributed by atoms with Crippen LogP contribution in [0.2, 0.25) is 5.02 Å². The summed E-state index contributed by atoms with van der Waals surface area (Å²) in [6, 6.07) is 11.3. The third-order valence-electron chi connectivity index (χ3n) is 3.01. The normalized spacial score (nSPS) is 10.3. The molecule has 2 aromatic rings. The Morgan fingerprint density at radius 1 is 1.24 bits per heavy atom. The van der Waals surface area contributed by atoms with Gasteiger partial charge in [0, 0.05) is 25.3 Å². The second-order valence-corrected chi connectivity index (χ2v) is 5.13. The number of hydrogen-bond acceptors (Lipinski definition) is 3. The van der Waals surface area contributed by atoms with Crippen molar-refractivity contribution in [3.8, 4) is 0 Å². The zero-order chi connectivity index (χ0) is 15.4. The molecule has 0 amide bonds. The molecular weight excluding hydrogens is 293 g/mol. The van der Waals surface area contributed by atoms with E-state index in [4.69, 9.17) is 16.3 Å². The molecule has 0 saturated carbocycles. The molecule has 0 saturated heterocycles. The number of anilines is 1. The van der Waals surface area contributed by atoms with E-state index in [0.717, 1.165) is 5.69 Å². The number of nitrogens with zero attached hydrogens (tertiary/aromatic N) is 1. The van der Waals surface area contributed by atoms with Crippen molar-refractivity contribution in [2.75, 3.05) is 19.0 Å². The van der Waals surface area contributed by atoms with E-state index in [9.17, 15) is 9.18 Å². The summed E-state index contributed by atoms with van der Waals surface area (Å²) in [6.45, 7) is -0.198. The number of hydrogen-bond donors (Lipinski definition) is 0. The van der Waals surface area contributed by atoms with Gasteiger partial charge >= 0.3 is 5.97 Å². The first-order chi connectivity index (χ1) is 9.99. The summed E-state index contributed by atoms with van der Waals surface area (Å²) in [5.41, 5.74) is 1.47. The van der Waals surface area contributed by atoms with Gasteiger partial charge in [0.05, 0.1) is 10.6 Å². The molecule has 0 spiro atoms. The van der Waals surface area contributed by atoms with Crippen LogP contribution in [0.25, 0.3) is 0 Å². The molecule has 0 unspecified atom stereocenters. The van der Waals surface area contributed by atoms with Crippen LogP contribution in [0, 0.1) is 5.82 Å². The van der Waals surface area contributed by atoms with Crippen LogP contribution in [-0.2, 0) is 11.3 Å². The van der Waals surface area contributed by atoms with Crippen molar-refractivity contribution in [3.05, 3.63) is 64.4 Å². The van der Waals surface area contributed by atoms with Crippen LogP contribution in [0.4, 0.5) is 10.1 Å². The Kier molecular flexibility index (Phi) is 4.81. The summed E-state index contributed by atoms with van der Waals surface area (Å²) in [6.07, 6.45) is 0. The lowest BCUT2D eigenvalue weighted by atomic mass is 10.2. The molecule has 0 heterocycles. The minimum atomic E-state index is -0.516. The molecule has 0 aliphatic rings. The van der Waals surface area contributed by atoms with Gasteiger partial charge in [-0.15, -0.1) is 0 Å². The van der Waals surface area contributed by atoms with E-state index in [1.54, 1.807) is 24.3 Å². The van der Waals surface area contributed by atoms with Gasteiger partial charge in [-0.25, -0.2) is 9.18 Å². The molecule has 5 heteroatoms. The number of halogens is 2. The summed E-state index contributed by atoms with van der Waals surface area (Å²) < 4.78 is 18.7. The van der Waals surface area contributed by atoms with Crippen LogP contribution in [0.1, 0.15) is 15.9 Å². The molecule has 0 atom stereocenters. The zero-order valence-corrected chi connectivity index (χ0v) is 12.5. The van der Waals surface area contributed by atoms with Crippen molar-refractivity contribution in [2.24, 2.45) is 0 Å². The molecule has 3 nitrogen and oxygen atoms in total. The van der Waals surface area contributed by atoms with E-state index in [2.05, 4.69) is 0 Å². The number of carbonyl (C=O) groups is 1. The number of rotatable bonds is 4. The van der Waals surface area contributed by atoms with Crippen LogP contribution >= 0.6 is 11.6 Å². The molecule has 0 radical (unpaired) electrons. The molecule has 0 aliphatic carbocycles. The molecule has 2 rings (SSSR count). The number of benzene rings is 2. The molecule has 0 aliphatic heterocycles. The van der Waals surface area contributed by atoms with E-state index in [1.165, 1.54) is 12.1 Å². The first-order valence-corrected chi connectivity index (χ1v) is 6.74. The van der Waals surface area contributed by atoms with Crippen molar-refractivity contribution in [3.63, 3.8) is 0 Å². The van der Waals surface area contributed by atoms with Crippen molar-refractivity contribution in [1.29, 1.82) is 0 Å². The maximum atomic E-state index is 13.6. The van der Waals surface area contributed by atoms with Crippen molar-refractivity contribution >= 4 is 23.3 Å². The first kappa shape index (κ1) is 15.3. The summed E-state index contributed by atoms with van der Waals surface area (Å²) in [5.74, 6) is -1.00.